The molecule has 1 aromatic carbocycles. The van der Waals surface area contributed by atoms with Gasteiger partial charge in [-0.15, -0.1) is 11.3 Å². The molecule has 1 aliphatic rings. The Bertz CT molecular complexity index is 856. The van der Waals surface area contributed by atoms with Gasteiger partial charge in [-0.05, 0) is 61.9 Å². The number of hydrogen-bond donors (Lipinski definition) is 1. The molecule has 0 unspecified atom stereocenters. The molecular weight excluding hydrogens is 314 g/mol. The molecule has 3 aromatic rings. The molecule has 0 bridgehead atoms. The molecule has 22 heavy (non-hydrogen) atoms. The van der Waals surface area contributed by atoms with Crippen molar-refractivity contribution in [1.29, 1.82) is 0 Å². The lowest BCUT2D eigenvalue weighted by Gasteiger charge is -2.13. The predicted molar refractivity (Wildman–Crippen MR) is 93.5 cm³/mol. The normalized spacial score (nSPS) is 14.1. The van der Waals surface area contributed by atoms with Crippen LogP contribution in [0.15, 0.2) is 24.5 Å². The third-order valence-electron chi connectivity index (χ3n) is 4.19. The van der Waals surface area contributed by atoms with Crippen LogP contribution in [0.4, 0.5) is 11.5 Å². The monoisotopic (exact) mass is 329 g/mol. The summed E-state index contributed by atoms with van der Waals surface area (Å²) in [7, 11) is 0. The van der Waals surface area contributed by atoms with E-state index in [9.17, 15) is 0 Å². The molecule has 1 N–H and O–H groups in total. The summed E-state index contributed by atoms with van der Waals surface area (Å²) in [6.45, 7) is 2.05. The van der Waals surface area contributed by atoms with E-state index in [1.54, 1.807) is 6.33 Å². The van der Waals surface area contributed by atoms with Gasteiger partial charge in [-0.1, -0.05) is 11.6 Å². The van der Waals surface area contributed by atoms with Gasteiger partial charge in [0.25, 0.3) is 0 Å². The highest BCUT2D eigenvalue weighted by molar-refractivity contribution is 7.19. The van der Waals surface area contributed by atoms with E-state index in [1.165, 1.54) is 35.1 Å². The highest BCUT2D eigenvalue weighted by Gasteiger charge is 2.20. The second-order valence-electron chi connectivity index (χ2n) is 5.70. The molecule has 0 saturated carbocycles. The van der Waals surface area contributed by atoms with Gasteiger partial charge in [0.2, 0.25) is 0 Å². The zero-order valence-electron chi connectivity index (χ0n) is 12.3. The van der Waals surface area contributed by atoms with Gasteiger partial charge in [0, 0.05) is 15.6 Å². The largest absolute Gasteiger partial charge is 0.339 e. The van der Waals surface area contributed by atoms with Gasteiger partial charge in [0.15, 0.2) is 0 Å². The number of hydrogen-bond acceptors (Lipinski definition) is 4. The van der Waals surface area contributed by atoms with Gasteiger partial charge in [0.1, 0.15) is 17.0 Å². The van der Waals surface area contributed by atoms with Crippen LogP contribution in [0.5, 0.6) is 0 Å². The van der Waals surface area contributed by atoms with Crippen LogP contribution in [-0.4, -0.2) is 9.97 Å². The Balaban J connectivity index is 1.83. The van der Waals surface area contributed by atoms with Crippen molar-refractivity contribution in [2.75, 3.05) is 5.32 Å². The first-order chi connectivity index (χ1) is 10.7. The quantitative estimate of drug-likeness (QED) is 0.695. The van der Waals surface area contributed by atoms with E-state index in [2.05, 4.69) is 22.2 Å². The maximum absolute atomic E-state index is 6.04. The average Bonchev–Trinajstić information content (AvgIpc) is 2.89. The number of fused-ring (bicyclic) bond motifs is 3. The molecule has 3 nitrogen and oxygen atoms in total. The Morgan fingerprint density at radius 2 is 2.05 bits per heavy atom. The van der Waals surface area contributed by atoms with Gasteiger partial charge >= 0.3 is 0 Å². The summed E-state index contributed by atoms with van der Waals surface area (Å²) in [6.07, 6.45) is 6.50. The van der Waals surface area contributed by atoms with E-state index < -0.39 is 0 Å². The summed E-state index contributed by atoms with van der Waals surface area (Å²) in [5, 5.41) is 5.43. The number of anilines is 2. The van der Waals surface area contributed by atoms with Gasteiger partial charge in [-0.25, -0.2) is 9.97 Å². The lowest BCUT2D eigenvalue weighted by atomic mass is 9.97. The van der Waals surface area contributed by atoms with Crippen molar-refractivity contribution >= 4 is 44.7 Å². The SMILES string of the molecule is Cc1cc(Cl)ccc1Nc1ncnc2sc3c(c12)CCCC3. The lowest BCUT2D eigenvalue weighted by molar-refractivity contribution is 0.700. The van der Waals surface area contributed by atoms with Gasteiger partial charge in [-0.2, -0.15) is 0 Å². The van der Waals surface area contributed by atoms with Crippen LogP contribution in [0.3, 0.4) is 0 Å². The van der Waals surface area contributed by atoms with Crippen molar-refractivity contribution in [2.45, 2.75) is 32.6 Å². The fourth-order valence-corrected chi connectivity index (χ4v) is 4.54. The van der Waals surface area contributed by atoms with Crippen LogP contribution >= 0.6 is 22.9 Å². The lowest BCUT2D eigenvalue weighted by Crippen LogP contribution is -2.01. The summed E-state index contributed by atoms with van der Waals surface area (Å²) >= 11 is 7.86. The van der Waals surface area contributed by atoms with Crippen LogP contribution in [0.1, 0.15) is 28.8 Å². The summed E-state index contributed by atoms with van der Waals surface area (Å²) in [6, 6.07) is 5.87. The van der Waals surface area contributed by atoms with Gasteiger partial charge in [0.05, 0.1) is 5.39 Å². The minimum Gasteiger partial charge on any atom is -0.339 e. The average molecular weight is 330 g/mol. The summed E-state index contributed by atoms with van der Waals surface area (Å²) in [4.78, 5) is 11.5. The zero-order valence-corrected chi connectivity index (χ0v) is 13.9. The second kappa shape index (κ2) is 5.52. The highest BCUT2D eigenvalue weighted by Crippen LogP contribution is 2.39. The van der Waals surface area contributed by atoms with Gasteiger partial charge in [-0.3, -0.25) is 0 Å². The molecule has 0 radical (unpaired) electrons. The molecule has 2 heterocycles. The molecule has 0 amide bonds. The number of nitrogens with zero attached hydrogens (tertiary/aromatic N) is 2. The van der Waals surface area contributed by atoms with Crippen molar-refractivity contribution in [3.8, 4) is 0 Å². The standard InChI is InChI=1S/C17H16ClN3S/c1-10-8-11(18)6-7-13(10)21-16-15-12-4-2-3-5-14(12)22-17(15)20-9-19-16/h6-9H,2-5H2,1H3,(H,19,20,21). The predicted octanol–water partition coefficient (Wildman–Crippen LogP) is 5.28. The van der Waals surface area contributed by atoms with Crippen molar-refractivity contribution in [3.63, 3.8) is 0 Å². The van der Waals surface area contributed by atoms with E-state index in [1.807, 2.05) is 29.5 Å². The highest BCUT2D eigenvalue weighted by atomic mass is 35.5. The van der Waals surface area contributed by atoms with Crippen molar-refractivity contribution in [3.05, 3.63) is 45.6 Å². The molecular formula is C17H16ClN3S. The minimum absolute atomic E-state index is 0.754. The van der Waals surface area contributed by atoms with E-state index in [0.29, 0.717) is 0 Å². The number of aryl methyl sites for hydroxylation is 3. The summed E-state index contributed by atoms with van der Waals surface area (Å²) < 4.78 is 0. The van der Waals surface area contributed by atoms with Crippen LogP contribution in [-0.2, 0) is 12.8 Å². The maximum atomic E-state index is 6.04. The Labute approximate surface area is 138 Å². The Kier molecular flexibility index (Phi) is 3.51. The molecule has 0 atom stereocenters. The number of rotatable bonds is 2. The van der Waals surface area contributed by atoms with E-state index in [4.69, 9.17) is 11.6 Å². The Morgan fingerprint density at radius 3 is 2.91 bits per heavy atom. The minimum atomic E-state index is 0.754. The smallest absolute Gasteiger partial charge is 0.142 e. The third kappa shape index (κ3) is 2.36. The molecule has 0 aliphatic heterocycles. The van der Waals surface area contributed by atoms with E-state index in [-0.39, 0.29) is 0 Å². The first-order valence-electron chi connectivity index (χ1n) is 7.51. The number of aromatic nitrogens is 2. The topological polar surface area (TPSA) is 37.8 Å². The van der Waals surface area contributed by atoms with Crippen molar-refractivity contribution < 1.29 is 0 Å². The zero-order chi connectivity index (χ0) is 15.1. The fraction of sp³-hybridized carbons (Fsp3) is 0.294. The maximum Gasteiger partial charge on any atom is 0.142 e. The molecule has 112 valence electrons. The van der Waals surface area contributed by atoms with Crippen molar-refractivity contribution in [1.82, 2.24) is 9.97 Å². The van der Waals surface area contributed by atoms with Crippen LogP contribution < -0.4 is 5.32 Å². The van der Waals surface area contributed by atoms with E-state index >= 15 is 0 Å². The van der Waals surface area contributed by atoms with E-state index in [0.717, 1.165) is 33.3 Å². The third-order valence-corrected chi connectivity index (χ3v) is 5.63. The molecule has 4 rings (SSSR count). The first kappa shape index (κ1) is 14.0. The molecule has 5 heteroatoms. The number of nitrogens with one attached hydrogen (secondary N) is 1. The fourth-order valence-electron chi connectivity index (χ4n) is 3.08. The first-order valence-corrected chi connectivity index (χ1v) is 8.70. The number of thiophene rings is 1. The molecule has 2 aromatic heterocycles. The molecule has 0 fully saturated rings. The van der Waals surface area contributed by atoms with Crippen molar-refractivity contribution in [2.24, 2.45) is 0 Å². The summed E-state index contributed by atoms with van der Waals surface area (Å²) in [5.41, 5.74) is 3.60. The molecule has 0 saturated heterocycles. The Hall–Kier alpha value is -1.65. The summed E-state index contributed by atoms with van der Waals surface area (Å²) in [5.74, 6) is 0.912. The van der Waals surface area contributed by atoms with Crippen LogP contribution in [0, 0.1) is 6.92 Å². The van der Waals surface area contributed by atoms with Crippen LogP contribution in [0.2, 0.25) is 5.02 Å². The number of halogens is 1. The Morgan fingerprint density at radius 1 is 1.18 bits per heavy atom. The number of benzene rings is 1. The van der Waals surface area contributed by atoms with Crippen LogP contribution in [0.25, 0.3) is 10.2 Å². The molecule has 1 aliphatic carbocycles. The van der Waals surface area contributed by atoms with Gasteiger partial charge < -0.3 is 5.32 Å². The second-order valence-corrected chi connectivity index (χ2v) is 7.22. The molecule has 0 spiro atoms.